The molecule has 3 unspecified atom stereocenters. The molecule has 1 fully saturated rings. The summed E-state index contributed by atoms with van der Waals surface area (Å²) in [4.78, 5) is 51.3. The van der Waals surface area contributed by atoms with Gasteiger partial charge in [0, 0.05) is 31.6 Å². The van der Waals surface area contributed by atoms with Gasteiger partial charge in [0.15, 0.2) is 0 Å². The zero-order chi connectivity index (χ0) is 27.4. The number of ether oxygens (including phenoxy) is 2. The van der Waals surface area contributed by atoms with Gasteiger partial charge in [0.05, 0.1) is 26.1 Å². The number of carbonyl (C=O) groups is 4. The zero-order valence-corrected chi connectivity index (χ0v) is 22.7. The highest BCUT2D eigenvalue weighted by Crippen LogP contribution is 2.21. The van der Waals surface area contributed by atoms with Crippen LogP contribution in [0.5, 0.6) is 0 Å². The quantitative estimate of drug-likeness (QED) is 0.133. The Morgan fingerprint density at radius 3 is 2.65 bits per heavy atom. The van der Waals surface area contributed by atoms with Gasteiger partial charge in [0.25, 0.3) is 5.91 Å². The molecule has 1 aliphatic heterocycles. The number of allylic oxidation sites excluding steroid dienone is 3. The Labute approximate surface area is 223 Å². The van der Waals surface area contributed by atoms with E-state index < -0.39 is 35.9 Å². The van der Waals surface area contributed by atoms with E-state index in [1.165, 1.54) is 12.1 Å². The smallest absolute Gasteiger partial charge is 0.324 e. The Morgan fingerprint density at radius 2 is 2.00 bits per heavy atom. The van der Waals surface area contributed by atoms with Gasteiger partial charge >= 0.3 is 5.97 Å². The van der Waals surface area contributed by atoms with Crippen LogP contribution in [0.1, 0.15) is 52.4 Å². The van der Waals surface area contributed by atoms with Crippen molar-refractivity contribution in [3.63, 3.8) is 0 Å². The summed E-state index contributed by atoms with van der Waals surface area (Å²) in [7, 11) is 1.29. The van der Waals surface area contributed by atoms with Crippen LogP contribution < -0.4 is 16.1 Å². The summed E-state index contributed by atoms with van der Waals surface area (Å²) < 4.78 is 10.1. The Bertz CT molecular complexity index is 877. The number of esters is 1. The van der Waals surface area contributed by atoms with Crippen molar-refractivity contribution in [3.8, 4) is 0 Å². The van der Waals surface area contributed by atoms with Gasteiger partial charge in [-0.15, -0.1) is 0 Å². The Hall–Kier alpha value is -2.57. The third-order valence-electron chi connectivity index (χ3n) is 6.13. The molecule has 1 saturated heterocycles. The molecule has 3 atom stereocenters. The molecule has 1 heterocycles. The van der Waals surface area contributed by atoms with Crippen molar-refractivity contribution in [2.24, 2.45) is 5.92 Å². The molecule has 3 amide bonds. The third-order valence-corrected chi connectivity index (χ3v) is 6.31. The van der Waals surface area contributed by atoms with E-state index in [4.69, 9.17) is 9.47 Å². The van der Waals surface area contributed by atoms with Crippen LogP contribution in [-0.2, 0) is 28.7 Å². The van der Waals surface area contributed by atoms with E-state index in [-0.39, 0.29) is 37.0 Å². The first-order valence-corrected chi connectivity index (χ1v) is 13.3. The maximum atomic E-state index is 13.5. The molecule has 11 nitrogen and oxygen atoms in total. The number of hydrazine groups is 1. The summed E-state index contributed by atoms with van der Waals surface area (Å²) in [6, 6.07) is -2.51. The lowest BCUT2D eigenvalue weighted by Gasteiger charge is -2.35. The average Bonchev–Trinajstić information content (AvgIpc) is 2.88. The van der Waals surface area contributed by atoms with Crippen LogP contribution in [0.2, 0.25) is 0 Å². The van der Waals surface area contributed by atoms with E-state index in [1.54, 1.807) is 19.9 Å². The van der Waals surface area contributed by atoms with Crippen molar-refractivity contribution in [1.82, 2.24) is 21.1 Å². The highest BCUT2D eigenvalue weighted by Gasteiger charge is 2.35. The Kier molecular flexibility index (Phi) is 12.9. The Balaban J connectivity index is 2.15. The third kappa shape index (κ3) is 10.0. The van der Waals surface area contributed by atoms with Crippen LogP contribution >= 0.6 is 12.6 Å². The molecule has 2 aliphatic rings. The summed E-state index contributed by atoms with van der Waals surface area (Å²) in [5, 5.41) is 16.8. The van der Waals surface area contributed by atoms with Crippen molar-refractivity contribution in [2.45, 2.75) is 70.5 Å². The van der Waals surface area contributed by atoms with Crippen LogP contribution in [0.4, 0.5) is 0 Å². The molecule has 12 heteroatoms. The fraction of sp³-hybridized carbons (Fsp3) is 0.680. The minimum atomic E-state index is -0.985. The number of carbonyl (C=O) groups excluding carboxylic acids is 4. The van der Waals surface area contributed by atoms with Crippen LogP contribution in [0.15, 0.2) is 23.5 Å². The number of methoxy groups -OCH3 is 1. The molecule has 0 aromatic rings. The molecule has 1 aliphatic carbocycles. The molecule has 0 radical (unpaired) electrons. The number of hydrogen-bond acceptors (Lipinski definition) is 9. The molecule has 4 N–H and O–H groups in total. The molecule has 37 heavy (non-hydrogen) atoms. The van der Waals surface area contributed by atoms with Crippen LogP contribution in [0.25, 0.3) is 0 Å². The number of aliphatic hydroxyl groups is 1. The van der Waals surface area contributed by atoms with E-state index in [0.29, 0.717) is 44.6 Å². The minimum Gasteiger partial charge on any atom is -0.512 e. The van der Waals surface area contributed by atoms with E-state index in [2.05, 4.69) is 28.7 Å². The number of aliphatic hydroxyl groups excluding tert-OH is 1. The second kappa shape index (κ2) is 15.6. The van der Waals surface area contributed by atoms with Crippen molar-refractivity contribution in [2.75, 3.05) is 32.6 Å². The Morgan fingerprint density at radius 1 is 1.24 bits per heavy atom. The monoisotopic (exact) mass is 540 g/mol. The topological polar surface area (TPSA) is 146 Å². The summed E-state index contributed by atoms with van der Waals surface area (Å²) in [5.74, 6) is -1.21. The van der Waals surface area contributed by atoms with Gasteiger partial charge in [-0.2, -0.15) is 12.6 Å². The number of nitrogens with one attached hydrogen (secondary N) is 3. The second-order valence-electron chi connectivity index (χ2n) is 9.43. The number of hydrogen-bond donors (Lipinski definition) is 5. The van der Waals surface area contributed by atoms with Crippen LogP contribution in [0.3, 0.4) is 0 Å². The number of rotatable bonds is 13. The first-order chi connectivity index (χ1) is 17.7. The first-order valence-electron chi connectivity index (χ1n) is 12.7. The summed E-state index contributed by atoms with van der Waals surface area (Å²) in [6.45, 7) is 4.60. The van der Waals surface area contributed by atoms with Gasteiger partial charge < -0.3 is 25.2 Å². The van der Waals surface area contributed by atoms with E-state index in [0.717, 1.165) is 5.57 Å². The fourth-order valence-corrected chi connectivity index (χ4v) is 4.28. The summed E-state index contributed by atoms with van der Waals surface area (Å²) in [6.07, 6.45) is 6.00. The van der Waals surface area contributed by atoms with Gasteiger partial charge in [-0.25, -0.2) is 5.43 Å². The average molecular weight is 541 g/mol. The lowest BCUT2D eigenvalue weighted by Crippen LogP contribution is -2.61. The van der Waals surface area contributed by atoms with Gasteiger partial charge in [-0.1, -0.05) is 19.9 Å². The van der Waals surface area contributed by atoms with Gasteiger partial charge in [0.2, 0.25) is 11.8 Å². The maximum Gasteiger partial charge on any atom is 0.324 e. The van der Waals surface area contributed by atoms with Crippen LogP contribution in [-0.4, -0.2) is 84.6 Å². The molecule has 0 aromatic heterocycles. The van der Waals surface area contributed by atoms with Gasteiger partial charge in [-0.05, 0) is 36.8 Å². The number of nitrogens with zero attached hydrogens (tertiary/aromatic N) is 1. The molecule has 208 valence electrons. The standard InChI is InChI=1S/C25H40N4O7S/c1-16(2)22(27-21(31)9-11-36-12-13-37)23(32)26-20(15-17-6-4-7-18(30)14-17)24(33)29-10-5-8-19(28-29)25(34)35-3/h6,14,16,19-20,22,28,30,37H,4-5,7-13,15H2,1-3H3,(H,26,32)(H,27,31). The molecule has 0 saturated carbocycles. The predicted octanol–water partition coefficient (Wildman–Crippen LogP) is 1.17. The normalized spacial score (nSPS) is 19.4. The minimum absolute atomic E-state index is 0.0935. The molecule has 0 bridgehead atoms. The highest BCUT2D eigenvalue weighted by molar-refractivity contribution is 7.80. The molecule has 2 rings (SSSR count). The number of thiol groups is 1. The second-order valence-corrected chi connectivity index (χ2v) is 9.88. The molecular weight excluding hydrogens is 500 g/mol. The lowest BCUT2D eigenvalue weighted by molar-refractivity contribution is -0.151. The first kappa shape index (κ1) is 30.7. The molecule has 0 spiro atoms. The summed E-state index contributed by atoms with van der Waals surface area (Å²) >= 11 is 4.05. The fourth-order valence-electron chi connectivity index (χ4n) is 4.15. The number of amides is 3. The SMILES string of the molecule is COC(=O)C1CCCN(C(=O)C(CC2=CCCC(O)=C2)NC(=O)C(NC(=O)CCOCCS)C(C)C)N1. The van der Waals surface area contributed by atoms with Crippen molar-refractivity contribution >= 4 is 36.3 Å². The van der Waals surface area contributed by atoms with Crippen molar-refractivity contribution in [1.29, 1.82) is 0 Å². The van der Waals surface area contributed by atoms with Gasteiger partial charge in [-0.3, -0.25) is 24.2 Å². The predicted molar refractivity (Wildman–Crippen MR) is 141 cm³/mol. The maximum absolute atomic E-state index is 13.5. The lowest BCUT2D eigenvalue weighted by atomic mass is 9.97. The van der Waals surface area contributed by atoms with E-state index >= 15 is 0 Å². The zero-order valence-electron chi connectivity index (χ0n) is 21.8. The van der Waals surface area contributed by atoms with Crippen molar-refractivity contribution < 1.29 is 33.8 Å². The summed E-state index contributed by atoms with van der Waals surface area (Å²) in [5.41, 5.74) is 3.62. The molecule has 0 aromatic carbocycles. The molecular formula is C25H40N4O7S. The van der Waals surface area contributed by atoms with Gasteiger partial charge in [0.1, 0.15) is 18.1 Å². The van der Waals surface area contributed by atoms with Crippen molar-refractivity contribution in [3.05, 3.63) is 23.5 Å². The van der Waals surface area contributed by atoms with E-state index in [1.807, 2.05) is 6.08 Å². The largest absolute Gasteiger partial charge is 0.512 e. The van der Waals surface area contributed by atoms with Crippen LogP contribution in [0, 0.1) is 5.92 Å². The van der Waals surface area contributed by atoms with E-state index in [9.17, 15) is 24.3 Å². The highest BCUT2D eigenvalue weighted by atomic mass is 32.1.